The molecular weight excluding hydrogens is 571 g/mol. The number of aliphatic hydroxyl groups is 1. The first-order valence-corrected chi connectivity index (χ1v) is 13.7. The van der Waals surface area contributed by atoms with Gasteiger partial charge in [-0.15, -0.1) is 5.10 Å². The van der Waals surface area contributed by atoms with Crippen molar-refractivity contribution >= 4 is 34.9 Å². The van der Waals surface area contributed by atoms with Crippen LogP contribution in [0.5, 0.6) is 5.75 Å². The summed E-state index contributed by atoms with van der Waals surface area (Å²) >= 11 is 0. The Hall–Kier alpha value is -5.67. The highest BCUT2D eigenvalue weighted by atomic mass is 19.1. The summed E-state index contributed by atoms with van der Waals surface area (Å²) in [5.41, 5.74) is 1.54. The maximum absolute atomic E-state index is 16.0. The van der Waals surface area contributed by atoms with Gasteiger partial charge < -0.3 is 35.4 Å². The molecule has 0 saturated carbocycles. The third kappa shape index (κ3) is 6.08. The predicted molar refractivity (Wildman–Crippen MR) is 157 cm³/mol. The van der Waals surface area contributed by atoms with Gasteiger partial charge in [0.15, 0.2) is 23.0 Å². The lowest BCUT2D eigenvalue weighted by Crippen LogP contribution is -2.54. The molecule has 5 rings (SSSR count). The summed E-state index contributed by atoms with van der Waals surface area (Å²) in [7, 11) is 1.59. The number of halogens is 1. The first-order chi connectivity index (χ1) is 21.2. The quantitative estimate of drug-likeness (QED) is 0.220. The van der Waals surface area contributed by atoms with Crippen molar-refractivity contribution in [1.29, 1.82) is 10.5 Å². The zero-order chi connectivity index (χ0) is 31.4. The second kappa shape index (κ2) is 12.7. The molecule has 0 spiro atoms. The highest BCUT2D eigenvalue weighted by Crippen LogP contribution is 2.32. The van der Waals surface area contributed by atoms with Crippen molar-refractivity contribution in [2.45, 2.75) is 32.0 Å². The minimum Gasteiger partial charge on any atom is -0.497 e. The number of amides is 1. The van der Waals surface area contributed by atoms with Crippen molar-refractivity contribution in [2.24, 2.45) is 0 Å². The number of carbonyl (C=O) groups is 1. The van der Waals surface area contributed by atoms with Gasteiger partial charge >= 0.3 is 6.09 Å². The van der Waals surface area contributed by atoms with Gasteiger partial charge in [-0.2, -0.15) is 20.0 Å². The summed E-state index contributed by atoms with van der Waals surface area (Å²) in [5, 5.41) is 48.4. The number of ether oxygens (including phenoxy) is 1. The van der Waals surface area contributed by atoms with Gasteiger partial charge in [0, 0.05) is 26.2 Å². The number of benzene rings is 2. The Labute approximate surface area is 251 Å². The number of rotatable bonds is 9. The molecule has 4 aromatic rings. The van der Waals surface area contributed by atoms with Crippen LogP contribution in [0.1, 0.15) is 30.2 Å². The van der Waals surface area contributed by atoms with Crippen LogP contribution < -0.4 is 25.2 Å². The van der Waals surface area contributed by atoms with Crippen LogP contribution in [0.2, 0.25) is 0 Å². The molecule has 44 heavy (non-hydrogen) atoms. The molecule has 0 unspecified atom stereocenters. The first kappa shape index (κ1) is 29.8. The number of fused-ring (bicyclic) bond motifs is 1. The third-order valence-electron chi connectivity index (χ3n) is 7.33. The summed E-state index contributed by atoms with van der Waals surface area (Å²) in [5.74, 6) is 0.356. The number of piperidine rings is 1. The van der Waals surface area contributed by atoms with E-state index >= 15 is 4.39 Å². The molecule has 0 radical (unpaired) electrons. The second-order valence-corrected chi connectivity index (χ2v) is 10.1. The van der Waals surface area contributed by atoms with E-state index in [2.05, 4.69) is 25.7 Å². The van der Waals surface area contributed by atoms with Crippen LogP contribution in [0.4, 0.5) is 32.3 Å². The van der Waals surface area contributed by atoms with Gasteiger partial charge in [-0.3, -0.25) is 0 Å². The Morgan fingerprint density at radius 1 is 1.25 bits per heavy atom. The Balaban J connectivity index is 1.50. The largest absolute Gasteiger partial charge is 0.497 e. The van der Waals surface area contributed by atoms with Gasteiger partial charge in [-0.05, 0) is 43.2 Å². The van der Waals surface area contributed by atoms with E-state index in [9.17, 15) is 20.4 Å². The molecule has 2 aromatic heterocycles. The van der Waals surface area contributed by atoms with E-state index in [1.165, 1.54) is 22.8 Å². The molecule has 15 heteroatoms. The minimum absolute atomic E-state index is 0.0421. The fourth-order valence-corrected chi connectivity index (χ4v) is 5.09. The third-order valence-corrected chi connectivity index (χ3v) is 7.33. The number of nitrogens with zero attached hydrogens (tertiary/aromatic N) is 8. The monoisotopic (exact) mass is 600 g/mol. The number of methoxy groups -OCH3 is 1. The molecule has 0 aliphatic carbocycles. The standard InChI is InChI=1S/C29H29FN10O4/c1-3-38(15-17-4-6-20(44-2)7-5-17)27-26-33-14-19(13-32)40(26)37-28(36-27)34-22-10-18(12-31)11-23(25(22)30)39-9-8-21(24(41)16-39)35-29(42)43/h4-7,10-11,14,21,24,35,41H,3,8-9,15-16H2,1-2H3,(H,34,37)(H,42,43)/t21-,24+/m1/s1. The summed E-state index contributed by atoms with van der Waals surface area (Å²) < 4.78 is 22.6. The van der Waals surface area contributed by atoms with Crippen LogP contribution in [-0.2, 0) is 6.54 Å². The number of β-amino-alcohol motifs (C(OH)–C–C–N with tert-alkyl or cyclic N) is 1. The molecule has 1 aliphatic heterocycles. The molecule has 14 nitrogen and oxygen atoms in total. The van der Waals surface area contributed by atoms with Gasteiger partial charge in [-0.1, -0.05) is 12.1 Å². The van der Waals surface area contributed by atoms with Crippen LogP contribution in [0.25, 0.3) is 5.65 Å². The van der Waals surface area contributed by atoms with Crippen molar-refractivity contribution < 1.29 is 24.1 Å². The average Bonchev–Trinajstić information content (AvgIpc) is 3.44. The molecule has 3 heterocycles. The van der Waals surface area contributed by atoms with Gasteiger partial charge in [-0.25, -0.2) is 14.2 Å². The second-order valence-electron chi connectivity index (χ2n) is 10.1. The Morgan fingerprint density at radius 3 is 2.66 bits per heavy atom. The minimum atomic E-state index is -1.26. The molecule has 2 atom stereocenters. The number of aliphatic hydroxyl groups excluding tert-OH is 1. The average molecular weight is 601 g/mol. The molecule has 1 aliphatic rings. The van der Waals surface area contributed by atoms with Crippen molar-refractivity contribution in [3.05, 3.63) is 65.2 Å². The van der Waals surface area contributed by atoms with Crippen molar-refractivity contribution in [1.82, 2.24) is 24.9 Å². The van der Waals surface area contributed by atoms with Crippen molar-refractivity contribution in [3.63, 3.8) is 0 Å². The summed E-state index contributed by atoms with van der Waals surface area (Å²) in [6.45, 7) is 3.08. The number of aromatic nitrogens is 4. The van der Waals surface area contributed by atoms with E-state index < -0.39 is 24.1 Å². The first-order valence-electron chi connectivity index (χ1n) is 13.7. The van der Waals surface area contributed by atoms with Gasteiger partial charge in [0.1, 0.15) is 11.8 Å². The lowest BCUT2D eigenvalue weighted by Gasteiger charge is -2.37. The van der Waals surface area contributed by atoms with E-state index in [4.69, 9.17) is 9.84 Å². The van der Waals surface area contributed by atoms with Crippen LogP contribution in [0.15, 0.2) is 42.6 Å². The zero-order valence-corrected chi connectivity index (χ0v) is 23.9. The molecular formula is C29H29FN10O4. The maximum atomic E-state index is 16.0. The summed E-state index contributed by atoms with van der Waals surface area (Å²) in [6, 6.07) is 13.6. The number of carboxylic acid groups (broad SMARTS) is 1. The van der Waals surface area contributed by atoms with E-state index in [1.54, 1.807) is 12.0 Å². The fraction of sp³-hybridized carbons (Fsp3) is 0.310. The number of hydrogen-bond acceptors (Lipinski definition) is 11. The molecule has 2 aromatic carbocycles. The van der Waals surface area contributed by atoms with Crippen LogP contribution in [0.3, 0.4) is 0 Å². The fourth-order valence-electron chi connectivity index (χ4n) is 5.09. The lowest BCUT2D eigenvalue weighted by atomic mass is 10.0. The molecule has 1 saturated heterocycles. The molecule has 1 fully saturated rings. The van der Waals surface area contributed by atoms with Crippen molar-refractivity contribution in [2.75, 3.05) is 41.9 Å². The number of anilines is 4. The molecule has 4 N–H and O–H groups in total. The number of hydrogen-bond donors (Lipinski definition) is 4. The molecule has 1 amide bonds. The maximum Gasteiger partial charge on any atom is 0.404 e. The smallest absolute Gasteiger partial charge is 0.404 e. The van der Waals surface area contributed by atoms with Crippen LogP contribution in [0, 0.1) is 28.5 Å². The highest BCUT2D eigenvalue weighted by molar-refractivity contribution is 5.71. The number of nitriles is 2. The topological polar surface area (TPSA) is 188 Å². The van der Waals surface area contributed by atoms with Gasteiger partial charge in [0.05, 0.1) is 48.5 Å². The predicted octanol–water partition coefficient (Wildman–Crippen LogP) is 2.99. The Kier molecular flexibility index (Phi) is 8.59. The van der Waals surface area contributed by atoms with Crippen LogP contribution >= 0.6 is 0 Å². The van der Waals surface area contributed by atoms with E-state index in [0.29, 0.717) is 24.6 Å². The van der Waals surface area contributed by atoms with Crippen LogP contribution in [-0.4, -0.2) is 74.8 Å². The van der Waals surface area contributed by atoms with E-state index in [-0.39, 0.29) is 48.1 Å². The number of imidazole rings is 1. The highest BCUT2D eigenvalue weighted by Gasteiger charge is 2.31. The van der Waals surface area contributed by atoms with Gasteiger partial charge in [0.25, 0.3) is 0 Å². The Bertz CT molecular complexity index is 1770. The zero-order valence-electron chi connectivity index (χ0n) is 23.9. The van der Waals surface area contributed by atoms with E-state index in [0.717, 1.165) is 11.3 Å². The van der Waals surface area contributed by atoms with Gasteiger partial charge in [0.2, 0.25) is 5.95 Å². The lowest BCUT2D eigenvalue weighted by molar-refractivity contribution is 0.108. The summed E-state index contributed by atoms with van der Waals surface area (Å²) in [6.07, 6.45) is -0.743. The van der Waals surface area contributed by atoms with E-state index in [1.807, 2.05) is 48.2 Å². The summed E-state index contributed by atoms with van der Waals surface area (Å²) in [4.78, 5) is 23.5. The van der Waals surface area contributed by atoms with Crippen molar-refractivity contribution in [3.8, 4) is 17.9 Å². The molecule has 226 valence electrons. The Morgan fingerprint density at radius 2 is 2.02 bits per heavy atom. The number of nitrogens with one attached hydrogen (secondary N) is 2. The molecule has 0 bridgehead atoms. The normalized spacial score (nSPS) is 16.2. The SMILES string of the molecule is CCN(Cc1ccc(OC)cc1)c1nc(Nc2cc(C#N)cc(N3CC[C@@H](NC(=O)O)[C@@H](O)C3)c2F)nn2c(C#N)cnc12.